The molecule has 0 bridgehead atoms. The number of aromatic carboxylic acids is 1. The van der Waals surface area contributed by atoms with Crippen LogP contribution < -0.4 is 19.3 Å². The van der Waals surface area contributed by atoms with Gasteiger partial charge in [-0.2, -0.15) is 0 Å². The number of ether oxygens (including phenoxy) is 2. The van der Waals surface area contributed by atoms with Gasteiger partial charge in [0.05, 0.1) is 24.1 Å². The van der Waals surface area contributed by atoms with Crippen LogP contribution in [0.15, 0.2) is 53.5 Å². The molecule has 0 spiro atoms. The molecule has 3 heterocycles. The fourth-order valence-electron chi connectivity index (χ4n) is 4.72. The minimum Gasteiger partial charge on any atom is -0.489 e. The molecule has 1 saturated carbocycles. The fourth-order valence-corrected chi connectivity index (χ4v) is 6.49. The molecular weight excluding hydrogens is 472 g/mol. The Kier molecular flexibility index (Phi) is 4.89. The number of carboxylic acid groups (broad SMARTS) is 1. The number of benzene rings is 2. The summed E-state index contributed by atoms with van der Waals surface area (Å²) in [7, 11) is -3.75. The Balaban J connectivity index is 1.52. The first-order chi connectivity index (χ1) is 16.8. The summed E-state index contributed by atoms with van der Waals surface area (Å²) in [6, 6.07) is 12.7. The van der Waals surface area contributed by atoms with Crippen LogP contribution in [0.25, 0.3) is 11.3 Å². The molecule has 0 unspecified atom stereocenters. The summed E-state index contributed by atoms with van der Waals surface area (Å²) in [5.74, 6) is -0.320. The van der Waals surface area contributed by atoms with Gasteiger partial charge in [-0.3, -0.25) is 4.79 Å². The van der Waals surface area contributed by atoms with Crippen molar-refractivity contribution in [1.29, 1.82) is 0 Å². The molecule has 9 nitrogen and oxygen atoms in total. The molecule has 1 aliphatic carbocycles. The lowest BCUT2D eigenvalue weighted by Gasteiger charge is -2.35. The van der Waals surface area contributed by atoms with Crippen LogP contribution in [0.3, 0.4) is 0 Å². The highest BCUT2D eigenvalue weighted by Gasteiger charge is 2.43. The van der Waals surface area contributed by atoms with Crippen molar-refractivity contribution in [3.05, 3.63) is 81.1 Å². The number of hydrogen-bond donors (Lipinski definition) is 1. The fraction of sp³-hybridized carbons (Fsp3) is 0.280. The Morgan fingerprint density at radius 2 is 1.94 bits per heavy atom. The van der Waals surface area contributed by atoms with Gasteiger partial charge in [-0.25, -0.2) is 22.3 Å². The average molecular weight is 495 g/mol. The van der Waals surface area contributed by atoms with Crippen LogP contribution in [-0.2, 0) is 29.6 Å². The highest BCUT2D eigenvalue weighted by Crippen LogP contribution is 2.47. The zero-order valence-electron chi connectivity index (χ0n) is 18.6. The molecule has 0 radical (unpaired) electrons. The first-order valence-corrected chi connectivity index (χ1v) is 12.9. The van der Waals surface area contributed by atoms with Crippen molar-refractivity contribution >= 4 is 16.0 Å². The van der Waals surface area contributed by atoms with E-state index in [1.54, 1.807) is 6.07 Å². The van der Waals surface area contributed by atoms with Crippen molar-refractivity contribution < 1.29 is 27.8 Å². The SMILES string of the molecule is O=C(O)c1cn2c(cc1=O)-c1c(cc(OCc3ccccc3)c3c1CCO3)CN2S(=O)(=O)C1CC1. The zero-order chi connectivity index (χ0) is 24.3. The minimum atomic E-state index is -3.75. The van der Waals surface area contributed by atoms with E-state index in [0.717, 1.165) is 17.3 Å². The van der Waals surface area contributed by atoms with E-state index in [4.69, 9.17) is 9.47 Å². The molecule has 1 fully saturated rings. The predicted molar refractivity (Wildman–Crippen MR) is 127 cm³/mol. The van der Waals surface area contributed by atoms with Gasteiger partial charge in [0, 0.05) is 29.8 Å². The van der Waals surface area contributed by atoms with E-state index in [0.29, 0.717) is 60.8 Å². The number of hydrogen-bond acceptors (Lipinski definition) is 6. The lowest BCUT2D eigenvalue weighted by atomic mass is 9.93. The molecule has 6 rings (SSSR count). The second kappa shape index (κ2) is 7.88. The van der Waals surface area contributed by atoms with Crippen molar-refractivity contribution in [1.82, 2.24) is 4.68 Å². The molecule has 1 aromatic heterocycles. The van der Waals surface area contributed by atoms with Gasteiger partial charge in [0.25, 0.3) is 10.0 Å². The van der Waals surface area contributed by atoms with E-state index in [1.807, 2.05) is 30.3 Å². The molecule has 3 aromatic rings. The molecule has 2 aliphatic heterocycles. The van der Waals surface area contributed by atoms with Crippen molar-refractivity contribution in [3.8, 4) is 22.8 Å². The Bertz CT molecular complexity index is 1530. The zero-order valence-corrected chi connectivity index (χ0v) is 19.5. The number of aromatic nitrogens is 1. The second-order valence-electron chi connectivity index (χ2n) is 8.90. The Hall–Kier alpha value is -3.79. The minimum absolute atomic E-state index is 0.00191. The second-order valence-corrected chi connectivity index (χ2v) is 11.0. The van der Waals surface area contributed by atoms with Gasteiger partial charge in [0.15, 0.2) is 16.9 Å². The van der Waals surface area contributed by atoms with Gasteiger partial charge >= 0.3 is 5.97 Å². The van der Waals surface area contributed by atoms with Gasteiger partial charge < -0.3 is 14.6 Å². The van der Waals surface area contributed by atoms with Crippen molar-refractivity contribution in [2.24, 2.45) is 0 Å². The summed E-state index contributed by atoms with van der Waals surface area (Å²) in [4.78, 5) is 24.3. The van der Waals surface area contributed by atoms with E-state index in [-0.39, 0.29) is 6.54 Å². The smallest absolute Gasteiger partial charge is 0.341 e. The number of fused-ring (bicyclic) bond motifs is 5. The highest BCUT2D eigenvalue weighted by molar-refractivity contribution is 7.93. The lowest BCUT2D eigenvalue weighted by Crippen LogP contribution is -2.45. The van der Waals surface area contributed by atoms with E-state index in [2.05, 4.69) is 0 Å². The van der Waals surface area contributed by atoms with Crippen molar-refractivity contribution in [2.75, 3.05) is 11.0 Å². The summed E-state index contributed by atoms with van der Waals surface area (Å²) in [5, 5.41) is 8.98. The molecule has 3 aliphatic rings. The van der Waals surface area contributed by atoms with E-state index in [1.165, 1.54) is 15.2 Å². The molecule has 1 N–H and O–H groups in total. The van der Waals surface area contributed by atoms with Crippen LogP contribution in [0.4, 0.5) is 0 Å². The van der Waals surface area contributed by atoms with Crippen LogP contribution in [0.2, 0.25) is 0 Å². The Morgan fingerprint density at radius 1 is 1.17 bits per heavy atom. The van der Waals surface area contributed by atoms with E-state index < -0.39 is 32.2 Å². The number of pyridine rings is 1. The quantitative estimate of drug-likeness (QED) is 0.560. The highest BCUT2D eigenvalue weighted by atomic mass is 32.2. The standard InChI is InChI=1S/C25H22N2O7S/c28-21-11-20-23-16(12-27(35(31,32)17-6-7-17)26(20)13-19(21)25(29)30)10-22(24-18(23)8-9-33-24)34-14-15-4-2-1-3-5-15/h1-5,10-11,13,17H,6-9,12,14H2,(H,29,30). The van der Waals surface area contributed by atoms with Crippen LogP contribution in [0.1, 0.15) is 39.9 Å². The van der Waals surface area contributed by atoms with Crippen LogP contribution in [0.5, 0.6) is 11.5 Å². The van der Waals surface area contributed by atoms with Crippen molar-refractivity contribution in [2.45, 2.75) is 37.7 Å². The lowest BCUT2D eigenvalue weighted by molar-refractivity contribution is 0.0694. The number of carboxylic acids is 1. The van der Waals surface area contributed by atoms with Crippen LogP contribution in [0, 0.1) is 0 Å². The average Bonchev–Trinajstić information content (AvgIpc) is 3.60. The topological polar surface area (TPSA) is 115 Å². The van der Waals surface area contributed by atoms with E-state index >= 15 is 0 Å². The molecule has 0 saturated heterocycles. The number of carbonyl (C=O) groups is 1. The van der Waals surface area contributed by atoms with Gasteiger partial charge in [-0.1, -0.05) is 30.3 Å². The summed E-state index contributed by atoms with van der Waals surface area (Å²) in [6.45, 7) is 0.741. The summed E-state index contributed by atoms with van der Waals surface area (Å²) in [6.07, 6.45) is 2.78. The largest absolute Gasteiger partial charge is 0.489 e. The maximum atomic E-state index is 13.3. The molecule has 10 heteroatoms. The third kappa shape index (κ3) is 3.56. The summed E-state index contributed by atoms with van der Waals surface area (Å²) in [5.41, 5.74) is 2.35. The van der Waals surface area contributed by atoms with Gasteiger partial charge in [-0.15, -0.1) is 0 Å². The summed E-state index contributed by atoms with van der Waals surface area (Å²) >= 11 is 0. The first kappa shape index (κ1) is 21.7. The number of nitrogens with zero attached hydrogens (tertiary/aromatic N) is 2. The molecular formula is C25H22N2O7S. The Labute approximate surface area is 201 Å². The third-order valence-electron chi connectivity index (χ3n) is 6.57. The maximum absolute atomic E-state index is 13.3. The van der Waals surface area contributed by atoms with Crippen LogP contribution >= 0.6 is 0 Å². The molecule has 180 valence electrons. The predicted octanol–water partition coefficient (Wildman–Crippen LogP) is 2.67. The molecule has 35 heavy (non-hydrogen) atoms. The van der Waals surface area contributed by atoms with Gasteiger partial charge in [0.2, 0.25) is 0 Å². The number of rotatable bonds is 6. The van der Waals surface area contributed by atoms with Gasteiger partial charge in [0.1, 0.15) is 12.2 Å². The number of sulfonamides is 1. The van der Waals surface area contributed by atoms with Crippen molar-refractivity contribution in [3.63, 3.8) is 0 Å². The first-order valence-electron chi connectivity index (χ1n) is 11.3. The molecule has 0 atom stereocenters. The van der Waals surface area contributed by atoms with E-state index in [9.17, 15) is 23.1 Å². The maximum Gasteiger partial charge on any atom is 0.341 e. The third-order valence-corrected chi connectivity index (χ3v) is 8.77. The van der Waals surface area contributed by atoms with Gasteiger partial charge in [-0.05, 0) is 30.0 Å². The normalized spacial score (nSPS) is 16.2. The molecule has 2 aromatic carbocycles. The molecule has 0 amide bonds. The van der Waals surface area contributed by atoms with Crippen LogP contribution in [-0.4, -0.2) is 36.0 Å². The monoisotopic (exact) mass is 494 g/mol. The Morgan fingerprint density at radius 3 is 2.66 bits per heavy atom. The summed E-state index contributed by atoms with van der Waals surface area (Å²) < 4.78 is 41.2.